The highest BCUT2D eigenvalue weighted by molar-refractivity contribution is 5.69. The molecule has 0 radical (unpaired) electrons. The molecule has 5 nitrogen and oxygen atoms in total. The van der Waals surface area contributed by atoms with Crippen molar-refractivity contribution in [1.29, 1.82) is 0 Å². The number of ether oxygens (including phenoxy) is 1. The monoisotopic (exact) mass is 367 g/mol. The van der Waals surface area contributed by atoms with E-state index in [9.17, 15) is 18.0 Å². The number of nitrogens with zero attached hydrogens (tertiary/aromatic N) is 3. The second-order valence-corrected chi connectivity index (χ2v) is 7.69. The first-order valence-corrected chi connectivity index (χ1v) is 8.43. The molecule has 140 valence electrons. The van der Waals surface area contributed by atoms with Gasteiger partial charge in [0.25, 0.3) is 0 Å². The van der Waals surface area contributed by atoms with Gasteiger partial charge in [0.1, 0.15) is 11.3 Å². The molecule has 3 rings (SSSR count). The van der Waals surface area contributed by atoms with Crippen molar-refractivity contribution in [2.75, 3.05) is 6.54 Å². The van der Waals surface area contributed by atoms with Crippen LogP contribution >= 0.6 is 0 Å². The molecular formula is C18H20F3N3O2. The summed E-state index contributed by atoms with van der Waals surface area (Å²) in [5.74, 6) is 6.74. The van der Waals surface area contributed by atoms with E-state index in [4.69, 9.17) is 4.74 Å². The Labute approximate surface area is 149 Å². The van der Waals surface area contributed by atoms with E-state index in [-0.39, 0.29) is 11.7 Å². The van der Waals surface area contributed by atoms with E-state index in [1.807, 2.05) is 0 Å². The second kappa shape index (κ2) is 6.45. The number of hydrogen-bond acceptors (Lipinski definition) is 4. The molecule has 1 aromatic heterocycles. The SMILES string of the molecule is CC(C)(C)OC(=O)N1C[C@H]2C[C@H]2C[C@H]1C#Cc1cnc(C(F)(F)F)cn1. The zero-order chi connectivity index (χ0) is 19.1. The Bertz CT molecular complexity index is 744. The van der Waals surface area contributed by atoms with Crippen LogP contribution in [0.2, 0.25) is 0 Å². The number of rotatable bonds is 0. The Hall–Kier alpha value is -2.30. The molecule has 8 heteroatoms. The molecule has 0 unspecified atom stereocenters. The number of hydrogen-bond donors (Lipinski definition) is 0. The lowest BCUT2D eigenvalue weighted by Crippen LogP contribution is -2.46. The maximum atomic E-state index is 12.5. The minimum atomic E-state index is -4.53. The molecule has 1 aliphatic heterocycles. The topological polar surface area (TPSA) is 55.3 Å². The molecule has 0 bridgehead atoms. The smallest absolute Gasteiger partial charge is 0.434 e. The van der Waals surface area contributed by atoms with Gasteiger partial charge < -0.3 is 4.74 Å². The van der Waals surface area contributed by atoms with Gasteiger partial charge in [-0.25, -0.2) is 14.8 Å². The predicted octanol–water partition coefficient (Wildman–Crippen LogP) is 3.49. The molecule has 1 aliphatic carbocycles. The lowest BCUT2D eigenvalue weighted by molar-refractivity contribution is -0.141. The van der Waals surface area contributed by atoms with Gasteiger partial charge in [0, 0.05) is 6.54 Å². The van der Waals surface area contributed by atoms with E-state index in [1.165, 1.54) is 0 Å². The second-order valence-electron chi connectivity index (χ2n) is 7.69. The first-order chi connectivity index (χ1) is 12.0. The van der Waals surface area contributed by atoms with Crippen LogP contribution in [0.3, 0.4) is 0 Å². The van der Waals surface area contributed by atoms with Gasteiger partial charge in [-0.15, -0.1) is 0 Å². The van der Waals surface area contributed by atoms with E-state index in [0.29, 0.717) is 24.6 Å². The highest BCUT2D eigenvalue weighted by atomic mass is 19.4. The Kier molecular flexibility index (Phi) is 4.59. The number of halogens is 3. The maximum Gasteiger partial charge on any atom is 0.434 e. The molecule has 0 N–H and O–H groups in total. The number of alkyl halides is 3. The van der Waals surface area contributed by atoms with Gasteiger partial charge in [-0.2, -0.15) is 13.2 Å². The lowest BCUT2D eigenvalue weighted by atomic mass is 10.0. The molecule has 3 atom stereocenters. The van der Waals surface area contributed by atoms with Crippen molar-refractivity contribution in [3.05, 3.63) is 23.8 Å². The predicted molar refractivity (Wildman–Crippen MR) is 86.9 cm³/mol. The van der Waals surface area contributed by atoms with Crippen molar-refractivity contribution in [3.8, 4) is 11.8 Å². The van der Waals surface area contributed by atoms with E-state index in [0.717, 1.165) is 19.0 Å². The summed E-state index contributed by atoms with van der Waals surface area (Å²) in [4.78, 5) is 21.1. The van der Waals surface area contributed by atoms with Crippen LogP contribution in [0, 0.1) is 23.7 Å². The fourth-order valence-corrected chi connectivity index (χ4v) is 2.97. The number of aromatic nitrogens is 2. The van der Waals surface area contributed by atoms with Crippen LogP contribution in [0.15, 0.2) is 12.4 Å². The fraction of sp³-hybridized carbons (Fsp3) is 0.611. The minimum Gasteiger partial charge on any atom is -0.444 e. The third kappa shape index (κ3) is 4.45. The normalized spacial score (nSPS) is 25.0. The summed E-state index contributed by atoms with van der Waals surface area (Å²) in [5.41, 5.74) is -1.52. The van der Waals surface area contributed by atoms with Crippen LogP contribution in [0.5, 0.6) is 0 Å². The molecule has 1 saturated carbocycles. The van der Waals surface area contributed by atoms with Gasteiger partial charge in [0.05, 0.1) is 18.4 Å². The van der Waals surface area contributed by atoms with Gasteiger partial charge in [0.2, 0.25) is 0 Å². The molecular weight excluding hydrogens is 347 g/mol. The summed E-state index contributed by atoms with van der Waals surface area (Å²) in [5, 5.41) is 0. The van der Waals surface area contributed by atoms with Gasteiger partial charge in [-0.3, -0.25) is 4.90 Å². The first-order valence-electron chi connectivity index (χ1n) is 8.43. The van der Waals surface area contributed by atoms with Crippen molar-refractivity contribution in [3.63, 3.8) is 0 Å². The van der Waals surface area contributed by atoms with E-state index < -0.39 is 23.6 Å². The van der Waals surface area contributed by atoms with Gasteiger partial charge >= 0.3 is 12.3 Å². The van der Waals surface area contributed by atoms with Crippen LogP contribution in [0.1, 0.15) is 45.0 Å². The Morgan fingerprint density at radius 1 is 1.19 bits per heavy atom. The third-order valence-corrected chi connectivity index (χ3v) is 4.34. The number of piperidine rings is 1. The number of carbonyl (C=O) groups excluding carboxylic acids is 1. The summed E-state index contributed by atoms with van der Waals surface area (Å²) < 4.78 is 43.0. The Morgan fingerprint density at radius 3 is 2.50 bits per heavy atom. The van der Waals surface area contributed by atoms with Crippen molar-refractivity contribution in [2.24, 2.45) is 11.8 Å². The largest absolute Gasteiger partial charge is 0.444 e. The van der Waals surface area contributed by atoms with Gasteiger partial charge in [-0.1, -0.05) is 5.92 Å². The number of likely N-dealkylation sites (tertiary alicyclic amines) is 1. The fourth-order valence-electron chi connectivity index (χ4n) is 2.97. The van der Waals surface area contributed by atoms with Crippen molar-refractivity contribution in [2.45, 2.75) is 51.4 Å². The molecule has 1 amide bonds. The average molecular weight is 367 g/mol. The molecule has 26 heavy (non-hydrogen) atoms. The molecule has 2 aliphatic rings. The average Bonchev–Trinajstić information content (AvgIpc) is 3.28. The highest BCUT2D eigenvalue weighted by Crippen LogP contribution is 2.47. The van der Waals surface area contributed by atoms with E-state index in [1.54, 1.807) is 25.7 Å². The van der Waals surface area contributed by atoms with Crippen LogP contribution < -0.4 is 0 Å². The summed E-state index contributed by atoms with van der Waals surface area (Å²) in [7, 11) is 0. The molecule has 2 fully saturated rings. The van der Waals surface area contributed by atoms with Crippen molar-refractivity contribution < 1.29 is 22.7 Å². The Balaban J connectivity index is 1.74. The maximum absolute atomic E-state index is 12.5. The third-order valence-electron chi connectivity index (χ3n) is 4.34. The molecule has 1 saturated heterocycles. The van der Waals surface area contributed by atoms with Crippen molar-refractivity contribution >= 4 is 6.09 Å². The van der Waals surface area contributed by atoms with Gasteiger partial charge in [-0.05, 0) is 51.4 Å². The number of amides is 1. The Morgan fingerprint density at radius 2 is 1.92 bits per heavy atom. The summed E-state index contributed by atoms with van der Waals surface area (Å²) in [6.07, 6.45) is -1.48. The molecule has 1 aromatic rings. The zero-order valence-electron chi connectivity index (χ0n) is 14.8. The van der Waals surface area contributed by atoms with Crippen LogP contribution in [-0.4, -0.2) is 39.1 Å². The van der Waals surface area contributed by atoms with Crippen LogP contribution in [0.4, 0.5) is 18.0 Å². The van der Waals surface area contributed by atoms with Gasteiger partial charge in [0.15, 0.2) is 5.69 Å². The van der Waals surface area contributed by atoms with E-state index in [2.05, 4.69) is 21.8 Å². The summed E-state index contributed by atoms with van der Waals surface area (Å²) in [6.45, 7) is 5.99. The lowest BCUT2D eigenvalue weighted by Gasteiger charge is -2.33. The van der Waals surface area contributed by atoms with Crippen LogP contribution in [-0.2, 0) is 10.9 Å². The van der Waals surface area contributed by atoms with Crippen LogP contribution in [0.25, 0.3) is 0 Å². The standard InChI is InChI=1S/C18H20F3N3O2/c1-17(2,3)26-16(25)24-10-12-6-11(12)7-14(24)5-4-13-8-23-15(9-22-13)18(19,20)21/h8-9,11-12,14H,6-7,10H2,1-3H3/t11-,12+,14+/m0/s1. The first kappa shape index (κ1) is 18.5. The number of carbonyl (C=O) groups is 1. The number of fused-ring (bicyclic) bond motifs is 1. The zero-order valence-corrected chi connectivity index (χ0v) is 14.8. The van der Waals surface area contributed by atoms with Crippen molar-refractivity contribution in [1.82, 2.24) is 14.9 Å². The molecule has 2 heterocycles. The quantitative estimate of drug-likeness (QED) is 0.659. The highest BCUT2D eigenvalue weighted by Gasteiger charge is 2.47. The molecule has 0 aromatic carbocycles. The molecule has 0 spiro atoms. The minimum absolute atomic E-state index is 0.139. The summed E-state index contributed by atoms with van der Waals surface area (Å²) >= 11 is 0. The summed E-state index contributed by atoms with van der Waals surface area (Å²) in [6, 6.07) is -0.335. The van der Waals surface area contributed by atoms with E-state index >= 15 is 0 Å².